The molecule has 0 heterocycles. The van der Waals surface area contributed by atoms with Crippen LogP contribution in [0.3, 0.4) is 0 Å². The van der Waals surface area contributed by atoms with Crippen LogP contribution in [0.5, 0.6) is 0 Å². The largest absolute Gasteiger partial charge is 0.312 e. The van der Waals surface area contributed by atoms with Gasteiger partial charge >= 0.3 is 0 Å². The topological polar surface area (TPSA) is 12.0 Å². The Morgan fingerprint density at radius 1 is 0.882 bits per heavy atom. The summed E-state index contributed by atoms with van der Waals surface area (Å²) in [5.41, 5.74) is 0.211. The van der Waals surface area contributed by atoms with Crippen molar-refractivity contribution in [1.29, 1.82) is 0 Å². The molecule has 2 heteroatoms. The molecule has 1 nitrogen and oxygen atoms in total. The summed E-state index contributed by atoms with van der Waals surface area (Å²) in [6, 6.07) is 0. The standard InChI is InChI=1S/C15H32ClN/c1-4-5-6-7-8-9-10-11-14-17-15(2,3)12-13-16/h17H,4-14H2,1-3H3. The van der Waals surface area contributed by atoms with Crippen LogP contribution in [0.15, 0.2) is 0 Å². The van der Waals surface area contributed by atoms with Gasteiger partial charge in [-0.1, -0.05) is 51.9 Å². The van der Waals surface area contributed by atoms with Crippen LogP contribution in [0, 0.1) is 0 Å². The van der Waals surface area contributed by atoms with Crippen molar-refractivity contribution in [2.24, 2.45) is 0 Å². The molecular weight excluding hydrogens is 230 g/mol. The third-order valence-corrected chi connectivity index (χ3v) is 3.54. The Morgan fingerprint density at radius 2 is 1.41 bits per heavy atom. The molecule has 0 rings (SSSR count). The first-order valence-electron chi connectivity index (χ1n) is 7.43. The molecule has 0 aliphatic heterocycles. The number of alkyl halides is 1. The van der Waals surface area contributed by atoms with E-state index in [2.05, 4.69) is 26.1 Å². The summed E-state index contributed by atoms with van der Waals surface area (Å²) in [6.45, 7) is 7.88. The van der Waals surface area contributed by atoms with E-state index in [1.54, 1.807) is 0 Å². The fourth-order valence-corrected chi connectivity index (χ4v) is 2.48. The van der Waals surface area contributed by atoms with Gasteiger partial charge in [-0.3, -0.25) is 0 Å². The van der Waals surface area contributed by atoms with E-state index in [0.717, 1.165) is 18.8 Å². The lowest BCUT2D eigenvalue weighted by molar-refractivity contribution is 0.372. The summed E-state index contributed by atoms with van der Waals surface area (Å²) >= 11 is 5.77. The quantitative estimate of drug-likeness (QED) is 0.380. The van der Waals surface area contributed by atoms with Gasteiger partial charge in [-0.2, -0.15) is 0 Å². The highest BCUT2D eigenvalue weighted by atomic mass is 35.5. The van der Waals surface area contributed by atoms with Gasteiger partial charge < -0.3 is 5.32 Å². The average molecular weight is 262 g/mol. The smallest absolute Gasteiger partial charge is 0.0240 e. The Labute approximate surface area is 114 Å². The van der Waals surface area contributed by atoms with E-state index in [-0.39, 0.29) is 5.54 Å². The molecule has 0 spiro atoms. The van der Waals surface area contributed by atoms with Crippen molar-refractivity contribution >= 4 is 11.6 Å². The Kier molecular flexibility index (Phi) is 11.5. The molecule has 0 saturated heterocycles. The minimum Gasteiger partial charge on any atom is -0.312 e. The summed E-state index contributed by atoms with van der Waals surface area (Å²) in [5, 5.41) is 3.59. The molecule has 0 radical (unpaired) electrons. The Morgan fingerprint density at radius 3 is 1.94 bits per heavy atom. The molecule has 0 aromatic heterocycles. The average Bonchev–Trinajstić information content (AvgIpc) is 2.27. The summed E-state index contributed by atoms with van der Waals surface area (Å²) in [5.74, 6) is 0.747. The molecule has 0 bridgehead atoms. The van der Waals surface area contributed by atoms with E-state index in [1.807, 2.05) is 0 Å². The summed E-state index contributed by atoms with van der Waals surface area (Å²) in [6.07, 6.45) is 12.2. The van der Waals surface area contributed by atoms with Crippen molar-refractivity contribution in [1.82, 2.24) is 5.32 Å². The van der Waals surface area contributed by atoms with Gasteiger partial charge in [0, 0.05) is 11.4 Å². The molecule has 17 heavy (non-hydrogen) atoms. The van der Waals surface area contributed by atoms with E-state index in [4.69, 9.17) is 11.6 Å². The summed E-state index contributed by atoms with van der Waals surface area (Å²) in [7, 11) is 0. The van der Waals surface area contributed by atoms with Crippen molar-refractivity contribution < 1.29 is 0 Å². The molecule has 0 amide bonds. The van der Waals surface area contributed by atoms with E-state index in [1.165, 1.54) is 51.4 Å². The second kappa shape index (κ2) is 11.3. The van der Waals surface area contributed by atoms with Crippen molar-refractivity contribution in [2.75, 3.05) is 12.4 Å². The minimum atomic E-state index is 0.211. The first-order chi connectivity index (χ1) is 8.12. The molecule has 1 N–H and O–H groups in total. The number of hydrogen-bond acceptors (Lipinski definition) is 1. The van der Waals surface area contributed by atoms with Crippen LogP contribution in [0.4, 0.5) is 0 Å². The predicted molar refractivity (Wildman–Crippen MR) is 80.0 cm³/mol. The van der Waals surface area contributed by atoms with E-state index in [0.29, 0.717) is 0 Å². The number of rotatable bonds is 12. The van der Waals surface area contributed by atoms with Gasteiger partial charge in [0.25, 0.3) is 0 Å². The van der Waals surface area contributed by atoms with Crippen molar-refractivity contribution in [3.8, 4) is 0 Å². The zero-order valence-corrected chi connectivity index (χ0v) is 12.9. The molecule has 0 atom stereocenters. The Bertz CT molecular complexity index is 157. The first-order valence-corrected chi connectivity index (χ1v) is 7.97. The molecule has 0 aliphatic rings. The van der Waals surface area contributed by atoms with Gasteiger partial charge in [-0.05, 0) is 33.2 Å². The lowest BCUT2D eigenvalue weighted by atomic mass is 10.0. The lowest BCUT2D eigenvalue weighted by Crippen LogP contribution is -2.40. The minimum absolute atomic E-state index is 0.211. The van der Waals surface area contributed by atoms with Crippen LogP contribution >= 0.6 is 11.6 Å². The van der Waals surface area contributed by atoms with Gasteiger partial charge in [-0.15, -0.1) is 11.6 Å². The molecule has 0 fully saturated rings. The first kappa shape index (κ1) is 17.2. The van der Waals surface area contributed by atoms with Crippen LogP contribution in [0.2, 0.25) is 0 Å². The molecule has 0 aromatic rings. The SMILES string of the molecule is CCCCCCCCCCNC(C)(C)CCCl. The number of halogens is 1. The summed E-state index contributed by atoms with van der Waals surface area (Å²) < 4.78 is 0. The second-order valence-electron chi connectivity index (χ2n) is 5.72. The Balaban J connectivity index is 3.18. The third kappa shape index (κ3) is 12.5. The van der Waals surface area contributed by atoms with Crippen molar-refractivity contribution in [2.45, 2.75) is 84.1 Å². The third-order valence-electron chi connectivity index (χ3n) is 3.35. The maximum Gasteiger partial charge on any atom is 0.0240 e. The lowest BCUT2D eigenvalue weighted by Gasteiger charge is -2.25. The molecule has 0 saturated carbocycles. The van der Waals surface area contributed by atoms with Crippen LogP contribution in [-0.2, 0) is 0 Å². The summed E-state index contributed by atoms with van der Waals surface area (Å²) in [4.78, 5) is 0. The fourth-order valence-electron chi connectivity index (χ4n) is 2.01. The van der Waals surface area contributed by atoms with Gasteiger partial charge in [0.2, 0.25) is 0 Å². The number of unbranched alkanes of at least 4 members (excludes halogenated alkanes) is 7. The van der Waals surface area contributed by atoms with Crippen molar-refractivity contribution in [3.63, 3.8) is 0 Å². The van der Waals surface area contributed by atoms with E-state index < -0.39 is 0 Å². The number of hydrogen-bond donors (Lipinski definition) is 1. The zero-order chi connectivity index (χ0) is 13.0. The second-order valence-corrected chi connectivity index (χ2v) is 6.10. The molecular formula is C15H32ClN. The highest BCUT2D eigenvalue weighted by Gasteiger charge is 2.14. The highest BCUT2D eigenvalue weighted by molar-refractivity contribution is 6.17. The van der Waals surface area contributed by atoms with Crippen LogP contribution < -0.4 is 5.32 Å². The van der Waals surface area contributed by atoms with E-state index >= 15 is 0 Å². The van der Waals surface area contributed by atoms with E-state index in [9.17, 15) is 0 Å². The monoisotopic (exact) mass is 261 g/mol. The normalized spacial score (nSPS) is 12.0. The maximum absolute atomic E-state index is 5.77. The van der Waals surface area contributed by atoms with Gasteiger partial charge in [-0.25, -0.2) is 0 Å². The molecule has 0 unspecified atom stereocenters. The van der Waals surface area contributed by atoms with Crippen LogP contribution in [0.25, 0.3) is 0 Å². The molecule has 104 valence electrons. The van der Waals surface area contributed by atoms with Gasteiger partial charge in [0.05, 0.1) is 0 Å². The molecule has 0 aromatic carbocycles. The predicted octanol–water partition coefficient (Wildman–Crippen LogP) is 5.12. The fraction of sp³-hybridized carbons (Fsp3) is 1.00. The zero-order valence-electron chi connectivity index (χ0n) is 12.2. The van der Waals surface area contributed by atoms with Crippen LogP contribution in [-0.4, -0.2) is 18.0 Å². The van der Waals surface area contributed by atoms with Gasteiger partial charge in [0.1, 0.15) is 0 Å². The maximum atomic E-state index is 5.77. The number of nitrogens with one attached hydrogen (secondary N) is 1. The Hall–Kier alpha value is 0.250. The highest BCUT2D eigenvalue weighted by Crippen LogP contribution is 2.11. The van der Waals surface area contributed by atoms with Crippen molar-refractivity contribution in [3.05, 3.63) is 0 Å². The van der Waals surface area contributed by atoms with Gasteiger partial charge in [0.15, 0.2) is 0 Å². The van der Waals surface area contributed by atoms with Crippen LogP contribution in [0.1, 0.15) is 78.6 Å². The molecule has 0 aliphatic carbocycles.